The molecule has 7 heteroatoms. The summed E-state index contributed by atoms with van der Waals surface area (Å²) in [5.41, 5.74) is 0.996. The van der Waals surface area contributed by atoms with Gasteiger partial charge < -0.3 is 15.5 Å². The van der Waals surface area contributed by atoms with E-state index in [4.69, 9.17) is 0 Å². The van der Waals surface area contributed by atoms with Crippen molar-refractivity contribution in [2.45, 2.75) is 32.4 Å². The van der Waals surface area contributed by atoms with E-state index in [0.717, 1.165) is 36.6 Å². The molecule has 1 aliphatic rings. The van der Waals surface area contributed by atoms with Crippen molar-refractivity contribution in [3.05, 3.63) is 42.2 Å². The van der Waals surface area contributed by atoms with Crippen molar-refractivity contribution in [1.29, 1.82) is 0 Å². The molecule has 2 N–H and O–H groups in total. The summed E-state index contributed by atoms with van der Waals surface area (Å²) in [5.74, 6) is 0.956. The second-order valence-corrected chi connectivity index (χ2v) is 6.23. The van der Waals surface area contributed by atoms with E-state index in [-0.39, 0.29) is 35.9 Å². The first-order chi connectivity index (χ1) is 12.2. The van der Waals surface area contributed by atoms with Crippen LogP contribution in [0, 0.1) is 0 Å². The molecule has 0 bridgehead atoms. The van der Waals surface area contributed by atoms with Crippen LogP contribution < -0.4 is 10.6 Å². The fourth-order valence-corrected chi connectivity index (χ4v) is 3.21. The molecule has 26 heavy (non-hydrogen) atoms. The van der Waals surface area contributed by atoms with E-state index in [1.54, 1.807) is 7.05 Å². The number of likely N-dealkylation sites (tertiary alicyclic amines) is 1. The number of guanidine groups is 1. The van der Waals surface area contributed by atoms with Gasteiger partial charge in [-0.15, -0.1) is 24.0 Å². The minimum atomic E-state index is 0. The van der Waals surface area contributed by atoms with E-state index in [1.807, 2.05) is 36.2 Å². The summed E-state index contributed by atoms with van der Waals surface area (Å²) in [6.07, 6.45) is 3.34. The van der Waals surface area contributed by atoms with Gasteiger partial charge in [-0.05, 0) is 17.9 Å². The van der Waals surface area contributed by atoms with Gasteiger partial charge in [0.05, 0.1) is 12.2 Å². The summed E-state index contributed by atoms with van der Waals surface area (Å²) in [4.78, 5) is 22.5. The summed E-state index contributed by atoms with van der Waals surface area (Å²) in [7, 11) is 1.76. The zero-order chi connectivity index (χ0) is 17.6. The molecule has 1 saturated heterocycles. The minimum absolute atomic E-state index is 0. The van der Waals surface area contributed by atoms with Crippen LogP contribution in [0.5, 0.6) is 0 Å². The Morgan fingerprint density at radius 1 is 1.35 bits per heavy atom. The van der Waals surface area contributed by atoms with Gasteiger partial charge in [0, 0.05) is 44.2 Å². The Balaban J connectivity index is 0.00000243. The van der Waals surface area contributed by atoms with E-state index in [9.17, 15) is 4.79 Å². The molecule has 1 amide bonds. The predicted molar refractivity (Wildman–Crippen MR) is 116 cm³/mol. The van der Waals surface area contributed by atoms with Crippen molar-refractivity contribution in [3.63, 3.8) is 0 Å². The number of halogens is 1. The van der Waals surface area contributed by atoms with Crippen molar-refractivity contribution in [2.75, 3.05) is 20.1 Å². The first-order valence-electron chi connectivity index (χ1n) is 8.79. The molecular formula is C19H26IN5O. The van der Waals surface area contributed by atoms with E-state index >= 15 is 0 Å². The summed E-state index contributed by atoms with van der Waals surface area (Å²) in [5, 5.41) is 9.07. The number of aliphatic imine (C=N–C) groups is 1. The largest absolute Gasteiger partial charge is 0.352 e. The van der Waals surface area contributed by atoms with Crippen LogP contribution in [-0.4, -0.2) is 47.9 Å². The summed E-state index contributed by atoms with van der Waals surface area (Å²) in [6.45, 7) is 4.05. The van der Waals surface area contributed by atoms with Crippen LogP contribution in [0.2, 0.25) is 0 Å². The van der Waals surface area contributed by atoms with Gasteiger partial charge in [0.1, 0.15) is 0 Å². The predicted octanol–water partition coefficient (Wildman–Crippen LogP) is 2.53. The third-order valence-electron chi connectivity index (χ3n) is 4.59. The van der Waals surface area contributed by atoms with Crippen molar-refractivity contribution in [2.24, 2.45) is 4.99 Å². The highest BCUT2D eigenvalue weighted by molar-refractivity contribution is 14.0. The molecule has 140 valence electrons. The van der Waals surface area contributed by atoms with Crippen LogP contribution in [0.15, 0.2) is 41.5 Å². The third kappa shape index (κ3) is 4.84. The smallest absolute Gasteiger partial charge is 0.222 e. The molecule has 1 atom stereocenters. The maximum Gasteiger partial charge on any atom is 0.222 e. The molecule has 1 unspecified atom stereocenters. The Labute approximate surface area is 171 Å². The first-order valence-corrected chi connectivity index (χ1v) is 8.79. The van der Waals surface area contributed by atoms with Gasteiger partial charge in [-0.2, -0.15) is 0 Å². The number of pyridine rings is 1. The average Bonchev–Trinajstić information content (AvgIpc) is 3.13. The number of carbonyl (C=O) groups is 1. The van der Waals surface area contributed by atoms with Crippen molar-refractivity contribution in [3.8, 4) is 0 Å². The number of fused-ring (bicyclic) bond motifs is 1. The highest BCUT2D eigenvalue weighted by Crippen LogP contribution is 2.16. The fourth-order valence-electron chi connectivity index (χ4n) is 3.21. The van der Waals surface area contributed by atoms with Crippen molar-refractivity contribution in [1.82, 2.24) is 20.5 Å². The minimum Gasteiger partial charge on any atom is -0.352 e. The van der Waals surface area contributed by atoms with Gasteiger partial charge in [0.15, 0.2) is 5.96 Å². The molecule has 3 rings (SSSR count). The molecule has 1 fully saturated rings. The number of rotatable bonds is 4. The summed E-state index contributed by atoms with van der Waals surface area (Å²) < 4.78 is 0. The molecule has 0 aliphatic carbocycles. The van der Waals surface area contributed by atoms with E-state index in [0.29, 0.717) is 13.0 Å². The highest BCUT2D eigenvalue weighted by atomic mass is 127. The quantitative estimate of drug-likeness (QED) is 0.412. The second-order valence-electron chi connectivity index (χ2n) is 6.23. The normalized spacial score (nSPS) is 17.1. The summed E-state index contributed by atoms with van der Waals surface area (Å²) in [6, 6.07) is 10.5. The van der Waals surface area contributed by atoms with Gasteiger partial charge in [0.25, 0.3) is 0 Å². The van der Waals surface area contributed by atoms with Gasteiger partial charge in [-0.1, -0.05) is 31.2 Å². The molecule has 2 heterocycles. The highest BCUT2D eigenvalue weighted by Gasteiger charge is 2.25. The lowest BCUT2D eigenvalue weighted by Crippen LogP contribution is -2.44. The Morgan fingerprint density at radius 2 is 2.15 bits per heavy atom. The standard InChI is InChI=1S/C19H25N5O.HI/c1-3-18(25)24-11-9-15(13-24)23-19(20-2)22-12-17-16-7-5-4-6-14(16)8-10-21-17;/h4-8,10,15H,3,9,11-13H2,1-2H3,(H2,20,22,23);1H. The molecule has 1 aliphatic heterocycles. The van der Waals surface area contributed by atoms with Crippen LogP contribution in [0.3, 0.4) is 0 Å². The number of amides is 1. The van der Waals surface area contributed by atoms with Gasteiger partial charge in [0.2, 0.25) is 5.91 Å². The lowest BCUT2D eigenvalue weighted by Gasteiger charge is -2.19. The molecule has 0 spiro atoms. The van der Waals surface area contributed by atoms with Crippen LogP contribution in [0.4, 0.5) is 0 Å². The topological polar surface area (TPSA) is 69.6 Å². The molecular weight excluding hydrogens is 441 g/mol. The Hall–Kier alpha value is -1.90. The van der Waals surface area contributed by atoms with Gasteiger partial charge >= 0.3 is 0 Å². The van der Waals surface area contributed by atoms with E-state index in [1.165, 1.54) is 5.39 Å². The number of nitrogens with zero attached hydrogens (tertiary/aromatic N) is 3. The number of carbonyl (C=O) groups excluding carboxylic acids is 1. The number of hydrogen-bond acceptors (Lipinski definition) is 3. The first kappa shape index (κ1) is 20.4. The molecule has 1 aromatic carbocycles. The zero-order valence-corrected chi connectivity index (χ0v) is 17.6. The second kappa shape index (κ2) is 9.70. The lowest BCUT2D eigenvalue weighted by atomic mass is 10.1. The Bertz CT molecular complexity index is 774. The SMILES string of the molecule is CCC(=O)N1CCC(NC(=NC)NCc2nccc3ccccc23)C1.I. The number of benzene rings is 1. The lowest BCUT2D eigenvalue weighted by molar-refractivity contribution is -0.129. The van der Waals surface area contributed by atoms with Gasteiger partial charge in [-0.3, -0.25) is 14.8 Å². The van der Waals surface area contributed by atoms with E-state index < -0.39 is 0 Å². The third-order valence-corrected chi connectivity index (χ3v) is 4.59. The number of nitrogens with one attached hydrogen (secondary N) is 2. The van der Waals surface area contributed by atoms with Crippen molar-refractivity contribution < 1.29 is 4.79 Å². The molecule has 2 aromatic rings. The maximum absolute atomic E-state index is 11.8. The van der Waals surface area contributed by atoms with Gasteiger partial charge in [-0.25, -0.2) is 0 Å². The average molecular weight is 467 g/mol. The maximum atomic E-state index is 11.8. The Kier molecular flexibility index (Phi) is 7.62. The van der Waals surface area contributed by atoms with Crippen LogP contribution >= 0.6 is 24.0 Å². The summed E-state index contributed by atoms with van der Waals surface area (Å²) >= 11 is 0. The van der Waals surface area contributed by atoms with Crippen LogP contribution in [0.25, 0.3) is 10.8 Å². The molecule has 0 radical (unpaired) electrons. The molecule has 6 nitrogen and oxygen atoms in total. The zero-order valence-electron chi connectivity index (χ0n) is 15.2. The van der Waals surface area contributed by atoms with Crippen LogP contribution in [-0.2, 0) is 11.3 Å². The fraction of sp³-hybridized carbons (Fsp3) is 0.421. The number of hydrogen-bond donors (Lipinski definition) is 2. The molecule has 0 saturated carbocycles. The van der Waals surface area contributed by atoms with E-state index in [2.05, 4.69) is 32.7 Å². The Morgan fingerprint density at radius 3 is 2.92 bits per heavy atom. The van der Waals surface area contributed by atoms with Crippen LogP contribution in [0.1, 0.15) is 25.5 Å². The number of aromatic nitrogens is 1. The molecule has 1 aromatic heterocycles. The van der Waals surface area contributed by atoms with Crippen molar-refractivity contribution >= 4 is 46.6 Å². The monoisotopic (exact) mass is 467 g/mol.